The molecule has 0 spiro atoms. The standard InChI is InChI=1S/C23H34N2O9/c1-6-7-10-32-17-12-31-11-15(23(29)33-14(4)20(17)34-22(28)13(2)3)25-21(27)18-19(26)16(30-5)8-9-24-18/h8-9,13-15,17,20,26H,6-7,10-12H2,1-5H3,(H,25,27). The van der Waals surface area contributed by atoms with Crippen molar-refractivity contribution in [1.82, 2.24) is 10.3 Å². The van der Waals surface area contributed by atoms with Crippen molar-refractivity contribution in [3.05, 3.63) is 18.0 Å². The maximum atomic E-state index is 12.8. The van der Waals surface area contributed by atoms with Crippen LogP contribution in [0.15, 0.2) is 12.3 Å². The van der Waals surface area contributed by atoms with Gasteiger partial charge in [-0.2, -0.15) is 0 Å². The number of hydrogen-bond donors (Lipinski definition) is 2. The van der Waals surface area contributed by atoms with E-state index in [2.05, 4.69) is 10.3 Å². The Morgan fingerprint density at radius 1 is 1.32 bits per heavy atom. The Morgan fingerprint density at radius 3 is 2.71 bits per heavy atom. The lowest BCUT2D eigenvalue weighted by molar-refractivity contribution is -0.183. The Labute approximate surface area is 199 Å². The molecule has 1 aromatic heterocycles. The fourth-order valence-electron chi connectivity index (χ4n) is 3.16. The highest BCUT2D eigenvalue weighted by molar-refractivity contribution is 5.98. The van der Waals surface area contributed by atoms with Crippen molar-refractivity contribution >= 4 is 17.8 Å². The van der Waals surface area contributed by atoms with E-state index in [1.165, 1.54) is 19.4 Å². The summed E-state index contributed by atoms with van der Waals surface area (Å²) in [5.74, 6) is -2.85. The van der Waals surface area contributed by atoms with Crippen LogP contribution in [0, 0.1) is 5.92 Å². The van der Waals surface area contributed by atoms with Gasteiger partial charge in [0.1, 0.15) is 12.2 Å². The molecular weight excluding hydrogens is 448 g/mol. The van der Waals surface area contributed by atoms with Gasteiger partial charge in [0, 0.05) is 18.9 Å². The molecule has 1 amide bonds. The minimum absolute atomic E-state index is 0.00969. The van der Waals surface area contributed by atoms with Gasteiger partial charge in [0.2, 0.25) is 0 Å². The highest BCUT2D eigenvalue weighted by atomic mass is 16.6. The van der Waals surface area contributed by atoms with Gasteiger partial charge in [-0.25, -0.2) is 9.78 Å². The van der Waals surface area contributed by atoms with Crippen LogP contribution in [0.25, 0.3) is 0 Å². The maximum Gasteiger partial charge on any atom is 0.331 e. The number of aromatic hydroxyl groups is 1. The van der Waals surface area contributed by atoms with Gasteiger partial charge < -0.3 is 34.1 Å². The molecule has 0 aromatic carbocycles. The van der Waals surface area contributed by atoms with E-state index in [-0.39, 0.29) is 30.6 Å². The number of carbonyl (C=O) groups excluding carboxylic acids is 3. The molecule has 4 atom stereocenters. The van der Waals surface area contributed by atoms with Crippen molar-refractivity contribution in [2.24, 2.45) is 5.92 Å². The summed E-state index contributed by atoms with van der Waals surface area (Å²) in [6, 6.07) is 0.195. The van der Waals surface area contributed by atoms with Crippen LogP contribution < -0.4 is 10.1 Å². The second kappa shape index (κ2) is 13.1. The number of nitrogens with zero attached hydrogens (tertiary/aromatic N) is 1. The first kappa shape index (κ1) is 27.3. The first-order chi connectivity index (χ1) is 16.2. The number of nitrogens with one attached hydrogen (secondary N) is 1. The monoisotopic (exact) mass is 482 g/mol. The van der Waals surface area contributed by atoms with Gasteiger partial charge in [0.05, 0.1) is 26.2 Å². The number of unbranched alkanes of at least 4 members (excludes halogenated alkanes) is 1. The lowest BCUT2D eigenvalue weighted by atomic mass is 10.1. The van der Waals surface area contributed by atoms with Gasteiger partial charge in [-0.05, 0) is 13.3 Å². The molecule has 2 heterocycles. The molecule has 2 N–H and O–H groups in total. The van der Waals surface area contributed by atoms with Crippen LogP contribution in [0.5, 0.6) is 11.5 Å². The van der Waals surface area contributed by atoms with Crippen molar-refractivity contribution in [3.8, 4) is 11.5 Å². The molecule has 190 valence electrons. The van der Waals surface area contributed by atoms with Gasteiger partial charge in [-0.3, -0.25) is 9.59 Å². The number of hydrogen-bond acceptors (Lipinski definition) is 10. The molecule has 4 unspecified atom stereocenters. The molecule has 11 heteroatoms. The number of aromatic nitrogens is 1. The van der Waals surface area contributed by atoms with Gasteiger partial charge in [0.15, 0.2) is 29.3 Å². The summed E-state index contributed by atoms with van der Waals surface area (Å²) < 4.78 is 27.7. The summed E-state index contributed by atoms with van der Waals surface area (Å²) in [6.45, 7) is 7.21. The largest absolute Gasteiger partial charge is 0.503 e. The van der Waals surface area contributed by atoms with Crippen LogP contribution in [-0.4, -0.2) is 79.2 Å². The number of carbonyl (C=O) groups is 3. The Morgan fingerprint density at radius 2 is 2.06 bits per heavy atom. The van der Waals surface area contributed by atoms with Crippen molar-refractivity contribution in [3.63, 3.8) is 0 Å². The third kappa shape index (κ3) is 7.29. The zero-order chi connectivity index (χ0) is 25.3. The maximum absolute atomic E-state index is 12.8. The molecule has 1 saturated heterocycles. The molecule has 1 fully saturated rings. The average molecular weight is 483 g/mol. The zero-order valence-corrected chi connectivity index (χ0v) is 20.2. The first-order valence-electron chi connectivity index (χ1n) is 11.3. The summed E-state index contributed by atoms with van der Waals surface area (Å²) in [5, 5.41) is 12.7. The fourth-order valence-corrected chi connectivity index (χ4v) is 3.16. The van der Waals surface area contributed by atoms with E-state index < -0.39 is 47.9 Å². The zero-order valence-electron chi connectivity index (χ0n) is 20.2. The molecule has 0 radical (unpaired) electrons. The van der Waals surface area contributed by atoms with Crippen LogP contribution >= 0.6 is 0 Å². The minimum Gasteiger partial charge on any atom is -0.503 e. The Kier molecular flexibility index (Phi) is 10.5. The molecule has 0 bridgehead atoms. The Hall–Kier alpha value is -2.92. The van der Waals surface area contributed by atoms with Gasteiger partial charge >= 0.3 is 11.9 Å². The number of cyclic esters (lactones) is 1. The number of ether oxygens (including phenoxy) is 5. The average Bonchev–Trinajstić information content (AvgIpc) is 2.84. The van der Waals surface area contributed by atoms with Crippen LogP contribution in [0.4, 0.5) is 0 Å². The van der Waals surface area contributed by atoms with Gasteiger partial charge in [0.25, 0.3) is 5.91 Å². The van der Waals surface area contributed by atoms with Crippen molar-refractivity contribution in [2.75, 3.05) is 26.9 Å². The molecule has 1 aliphatic heterocycles. The summed E-state index contributed by atoms with van der Waals surface area (Å²) in [5.41, 5.74) is -0.315. The van der Waals surface area contributed by atoms with E-state index in [0.29, 0.717) is 6.61 Å². The second-order valence-corrected chi connectivity index (χ2v) is 8.23. The summed E-state index contributed by atoms with van der Waals surface area (Å²) in [6.07, 6.45) is 0.564. The lowest BCUT2D eigenvalue weighted by Gasteiger charge is -2.30. The van der Waals surface area contributed by atoms with Crippen LogP contribution in [0.2, 0.25) is 0 Å². The summed E-state index contributed by atoms with van der Waals surface area (Å²) in [7, 11) is 1.34. The van der Waals surface area contributed by atoms with Crippen molar-refractivity contribution in [1.29, 1.82) is 0 Å². The predicted molar refractivity (Wildman–Crippen MR) is 119 cm³/mol. The van der Waals surface area contributed by atoms with Crippen LogP contribution in [0.3, 0.4) is 0 Å². The third-order valence-electron chi connectivity index (χ3n) is 5.16. The summed E-state index contributed by atoms with van der Waals surface area (Å²) >= 11 is 0. The number of methoxy groups -OCH3 is 1. The predicted octanol–water partition coefficient (Wildman–Crippen LogP) is 1.61. The van der Waals surface area contributed by atoms with E-state index in [4.69, 9.17) is 23.7 Å². The molecule has 1 aromatic rings. The SMILES string of the molecule is CCCCOC1COCC(NC(=O)c2nccc(OC)c2O)C(=O)OC(C)C1OC(=O)C(C)C. The number of rotatable bonds is 9. The lowest BCUT2D eigenvalue weighted by Crippen LogP contribution is -2.47. The van der Waals surface area contributed by atoms with E-state index in [0.717, 1.165) is 12.8 Å². The number of pyridine rings is 1. The molecule has 0 aliphatic carbocycles. The third-order valence-corrected chi connectivity index (χ3v) is 5.16. The van der Waals surface area contributed by atoms with Gasteiger partial charge in [-0.1, -0.05) is 27.2 Å². The highest BCUT2D eigenvalue weighted by Crippen LogP contribution is 2.27. The van der Waals surface area contributed by atoms with E-state index in [1.54, 1.807) is 20.8 Å². The normalized spacial score (nSPS) is 23.3. The van der Waals surface area contributed by atoms with Crippen molar-refractivity contribution < 1.29 is 43.2 Å². The van der Waals surface area contributed by atoms with E-state index in [1.807, 2.05) is 6.92 Å². The molecular formula is C23H34N2O9. The van der Waals surface area contributed by atoms with E-state index >= 15 is 0 Å². The number of amides is 1. The van der Waals surface area contributed by atoms with E-state index in [9.17, 15) is 19.5 Å². The summed E-state index contributed by atoms with van der Waals surface area (Å²) in [4.78, 5) is 41.7. The molecule has 2 rings (SSSR count). The van der Waals surface area contributed by atoms with Gasteiger partial charge in [-0.15, -0.1) is 0 Å². The topological polar surface area (TPSA) is 143 Å². The van der Waals surface area contributed by atoms with Crippen LogP contribution in [0.1, 0.15) is 51.0 Å². The Bertz CT molecular complexity index is 846. The minimum atomic E-state index is -1.20. The first-order valence-corrected chi connectivity index (χ1v) is 11.3. The van der Waals surface area contributed by atoms with Crippen LogP contribution in [-0.2, 0) is 28.5 Å². The molecule has 0 saturated carbocycles. The number of esters is 2. The second-order valence-electron chi connectivity index (χ2n) is 8.23. The highest BCUT2D eigenvalue weighted by Gasteiger charge is 2.38. The Balaban J connectivity index is 2.19. The molecule has 11 nitrogen and oxygen atoms in total. The fraction of sp³-hybridized carbons (Fsp3) is 0.652. The smallest absolute Gasteiger partial charge is 0.331 e. The quantitative estimate of drug-likeness (QED) is 0.394. The molecule has 34 heavy (non-hydrogen) atoms. The molecule has 1 aliphatic rings. The van der Waals surface area contributed by atoms with Crippen molar-refractivity contribution in [2.45, 2.75) is 64.9 Å².